The molecule has 3 rings (SSSR count). The summed E-state index contributed by atoms with van der Waals surface area (Å²) >= 11 is 5.93. The van der Waals surface area contributed by atoms with Gasteiger partial charge in [-0.1, -0.05) is 11.6 Å². The van der Waals surface area contributed by atoms with Gasteiger partial charge in [-0.15, -0.1) is 0 Å². The Balaban J connectivity index is 2.47. The highest BCUT2D eigenvalue weighted by Gasteiger charge is 2.30. The third-order valence-electron chi connectivity index (χ3n) is 3.85. The molecule has 0 fully saturated rings. The zero-order chi connectivity index (χ0) is 18.5. The number of anilines is 1. The highest BCUT2D eigenvalue weighted by molar-refractivity contribution is 6.34. The molecule has 0 saturated heterocycles. The molecule has 9 heteroatoms. The molecule has 0 aliphatic rings. The smallest absolute Gasteiger partial charge is 0.343 e. The van der Waals surface area contributed by atoms with E-state index < -0.39 is 45.3 Å². The summed E-state index contributed by atoms with van der Waals surface area (Å²) < 4.78 is 49.6. The molecule has 130 valence electrons. The number of carbonyl (C=O) groups is 1. The molecular weight excluding hydrogens is 359 g/mol. The van der Waals surface area contributed by atoms with Gasteiger partial charge in [0, 0.05) is 23.6 Å². The predicted molar refractivity (Wildman–Crippen MR) is 86.8 cm³/mol. The number of nitrogen functional groups attached to an aromatic ring is 1. The van der Waals surface area contributed by atoms with Crippen molar-refractivity contribution < 1.29 is 22.7 Å². The number of esters is 1. The summed E-state index contributed by atoms with van der Waals surface area (Å²) in [6, 6.07) is 2.52. The lowest BCUT2D eigenvalue weighted by molar-refractivity contribution is 0.0596. The Hall–Kier alpha value is -2.74. The average Bonchev–Trinajstić information content (AvgIpc) is 2.96. The molecule has 2 aromatic carbocycles. The van der Waals surface area contributed by atoms with Crippen molar-refractivity contribution in [1.82, 2.24) is 9.78 Å². The Kier molecular flexibility index (Phi) is 4.08. The quantitative estimate of drug-likeness (QED) is 0.425. The van der Waals surface area contributed by atoms with Crippen molar-refractivity contribution >= 4 is 34.2 Å². The molecule has 0 spiro atoms. The van der Waals surface area contributed by atoms with Gasteiger partial charge in [-0.3, -0.25) is 4.68 Å². The van der Waals surface area contributed by atoms with Crippen LogP contribution >= 0.6 is 11.6 Å². The van der Waals surface area contributed by atoms with E-state index in [9.17, 15) is 18.0 Å². The maximum absolute atomic E-state index is 14.9. The molecule has 5 nitrogen and oxygen atoms in total. The van der Waals surface area contributed by atoms with Crippen molar-refractivity contribution in [2.75, 3.05) is 12.8 Å². The van der Waals surface area contributed by atoms with Crippen molar-refractivity contribution in [2.24, 2.45) is 7.05 Å². The van der Waals surface area contributed by atoms with Crippen molar-refractivity contribution in [3.63, 3.8) is 0 Å². The van der Waals surface area contributed by atoms with E-state index in [4.69, 9.17) is 17.3 Å². The van der Waals surface area contributed by atoms with E-state index >= 15 is 0 Å². The molecule has 0 aliphatic heterocycles. The number of aryl methyl sites for hydroxylation is 1. The van der Waals surface area contributed by atoms with Gasteiger partial charge in [0.1, 0.15) is 11.4 Å². The lowest BCUT2D eigenvalue weighted by Gasteiger charge is -2.15. The van der Waals surface area contributed by atoms with E-state index in [2.05, 4.69) is 9.84 Å². The fourth-order valence-electron chi connectivity index (χ4n) is 2.68. The molecular formula is C16H11ClF3N3O2. The summed E-state index contributed by atoms with van der Waals surface area (Å²) in [5.41, 5.74) is 3.21. The van der Waals surface area contributed by atoms with E-state index in [1.807, 2.05) is 0 Å². The molecule has 0 aliphatic carbocycles. The number of hydrogen-bond acceptors (Lipinski definition) is 4. The van der Waals surface area contributed by atoms with Crippen LogP contribution in [0.3, 0.4) is 0 Å². The Morgan fingerprint density at radius 2 is 1.92 bits per heavy atom. The molecule has 3 aromatic rings. The summed E-state index contributed by atoms with van der Waals surface area (Å²) in [7, 11) is 2.50. The van der Waals surface area contributed by atoms with Crippen LogP contribution in [0.15, 0.2) is 18.3 Å². The SMILES string of the molecule is COC(=O)c1c(N)c(F)c(-c2c(F)ccc3cnn(C)c23)c(Cl)c1F. The molecule has 1 heterocycles. The van der Waals surface area contributed by atoms with Crippen LogP contribution in [0, 0.1) is 17.5 Å². The summed E-state index contributed by atoms with van der Waals surface area (Å²) in [5.74, 6) is -4.55. The Bertz CT molecular complexity index is 1000. The van der Waals surface area contributed by atoms with Crippen LogP contribution in [0.2, 0.25) is 5.02 Å². The molecule has 0 unspecified atom stereocenters. The van der Waals surface area contributed by atoms with Gasteiger partial charge in [0.25, 0.3) is 0 Å². The number of aromatic nitrogens is 2. The standard InChI is InChI=1S/C16H11ClF3N3O2/c1-23-15-6(5-22-23)3-4-7(18)8(15)9-11(17)12(19)10(16(24)25-2)14(21)13(9)20/h3-5H,21H2,1-2H3. The van der Waals surface area contributed by atoms with Gasteiger partial charge in [0.15, 0.2) is 11.6 Å². The van der Waals surface area contributed by atoms with Gasteiger partial charge < -0.3 is 10.5 Å². The maximum atomic E-state index is 14.9. The maximum Gasteiger partial charge on any atom is 0.343 e. The number of benzene rings is 2. The zero-order valence-electron chi connectivity index (χ0n) is 13.0. The second-order valence-corrected chi connectivity index (χ2v) is 5.60. The number of hydrogen-bond donors (Lipinski definition) is 1. The van der Waals surface area contributed by atoms with Crippen molar-refractivity contribution in [3.05, 3.63) is 46.4 Å². The molecule has 0 amide bonds. The van der Waals surface area contributed by atoms with Gasteiger partial charge in [0.05, 0.1) is 29.5 Å². The van der Waals surface area contributed by atoms with Crippen molar-refractivity contribution in [2.45, 2.75) is 0 Å². The van der Waals surface area contributed by atoms with E-state index in [0.717, 1.165) is 13.2 Å². The number of ether oxygens (including phenoxy) is 1. The highest BCUT2D eigenvalue weighted by atomic mass is 35.5. The van der Waals surface area contributed by atoms with Gasteiger partial charge >= 0.3 is 5.97 Å². The largest absolute Gasteiger partial charge is 0.465 e. The Morgan fingerprint density at radius 1 is 1.24 bits per heavy atom. The van der Waals surface area contributed by atoms with E-state index in [1.165, 1.54) is 24.0 Å². The number of nitrogens with zero attached hydrogens (tertiary/aromatic N) is 2. The number of fused-ring (bicyclic) bond motifs is 1. The molecule has 25 heavy (non-hydrogen) atoms. The third kappa shape index (κ3) is 2.41. The van der Waals surface area contributed by atoms with Gasteiger partial charge in [0.2, 0.25) is 0 Å². The van der Waals surface area contributed by atoms with Gasteiger partial charge in [-0.05, 0) is 12.1 Å². The first-order valence-corrected chi connectivity index (χ1v) is 7.32. The first kappa shape index (κ1) is 17.1. The second-order valence-electron chi connectivity index (χ2n) is 5.23. The minimum absolute atomic E-state index is 0.199. The molecule has 0 atom stereocenters. The van der Waals surface area contributed by atoms with Crippen LogP contribution in [-0.4, -0.2) is 22.9 Å². The fourth-order valence-corrected chi connectivity index (χ4v) is 2.95. The molecule has 0 bridgehead atoms. The monoisotopic (exact) mass is 369 g/mol. The van der Waals surface area contributed by atoms with Crippen molar-refractivity contribution in [3.8, 4) is 11.1 Å². The summed E-state index contributed by atoms with van der Waals surface area (Å²) in [6.07, 6.45) is 1.44. The van der Waals surface area contributed by atoms with Crippen LogP contribution in [-0.2, 0) is 11.8 Å². The number of carbonyl (C=O) groups excluding carboxylic acids is 1. The minimum Gasteiger partial charge on any atom is -0.465 e. The van der Waals surface area contributed by atoms with Crippen LogP contribution in [0.1, 0.15) is 10.4 Å². The third-order valence-corrected chi connectivity index (χ3v) is 4.20. The molecule has 1 aromatic heterocycles. The normalized spacial score (nSPS) is 11.1. The number of halogens is 4. The topological polar surface area (TPSA) is 70.1 Å². The lowest BCUT2D eigenvalue weighted by Crippen LogP contribution is -2.12. The predicted octanol–water partition coefficient (Wildman–Crippen LogP) is 3.68. The number of methoxy groups -OCH3 is 1. The zero-order valence-corrected chi connectivity index (χ0v) is 13.8. The van der Waals surface area contributed by atoms with E-state index in [-0.39, 0.29) is 11.1 Å². The van der Waals surface area contributed by atoms with Crippen LogP contribution < -0.4 is 5.73 Å². The number of rotatable bonds is 2. The second kappa shape index (κ2) is 5.96. The fraction of sp³-hybridized carbons (Fsp3) is 0.125. The Labute approximate surface area is 144 Å². The molecule has 0 radical (unpaired) electrons. The summed E-state index contributed by atoms with van der Waals surface area (Å²) in [6.45, 7) is 0. The van der Waals surface area contributed by atoms with Crippen molar-refractivity contribution in [1.29, 1.82) is 0 Å². The lowest BCUT2D eigenvalue weighted by atomic mass is 9.98. The summed E-state index contributed by atoms with van der Waals surface area (Å²) in [4.78, 5) is 11.6. The van der Waals surface area contributed by atoms with E-state index in [1.54, 1.807) is 0 Å². The van der Waals surface area contributed by atoms with Crippen LogP contribution in [0.25, 0.3) is 22.0 Å². The van der Waals surface area contributed by atoms with Gasteiger partial charge in [-0.2, -0.15) is 5.10 Å². The molecule has 2 N–H and O–H groups in total. The first-order chi connectivity index (χ1) is 11.8. The Morgan fingerprint density at radius 3 is 2.56 bits per heavy atom. The first-order valence-electron chi connectivity index (χ1n) is 6.94. The highest BCUT2D eigenvalue weighted by Crippen LogP contribution is 2.42. The molecule has 0 saturated carbocycles. The van der Waals surface area contributed by atoms with Gasteiger partial charge in [-0.25, -0.2) is 18.0 Å². The summed E-state index contributed by atoms with van der Waals surface area (Å²) in [5, 5.41) is 3.68. The minimum atomic E-state index is -1.29. The average molecular weight is 370 g/mol. The van der Waals surface area contributed by atoms with Crippen LogP contribution in [0.4, 0.5) is 18.9 Å². The van der Waals surface area contributed by atoms with E-state index in [0.29, 0.717) is 5.39 Å². The number of nitrogens with two attached hydrogens (primary N) is 1. The van der Waals surface area contributed by atoms with Crippen LogP contribution in [0.5, 0.6) is 0 Å².